The van der Waals surface area contributed by atoms with Gasteiger partial charge in [-0.25, -0.2) is 0 Å². The Hall–Kier alpha value is -3.80. The Morgan fingerprint density at radius 3 is 2.24 bits per heavy atom. The van der Waals surface area contributed by atoms with Gasteiger partial charge in [-0.1, -0.05) is 48.0 Å². The van der Waals surface area contributed by atoms with Gasteiger partial charge in [-0.2, -0.15) is 0 Å². The summed E-state index contributed by atoms with van der Waals surface area (Å²) in [5.41, 5.74) is 5.30. The molecular formula is C31H35N3O3. The lowest BCUT2D eigenvalue weighted by molar-refractivity contribution is -0.135. The number of amides is 2. The third-order valence-electron chi connectivity index (χ3n) is 7.79. The molecule has 2 aliphatic heterocycles. The van der Waals surface area contributed by atoms with E-state index >= 15 is 0 Å². The first-order valence-corrected chi connectivity index (χ1v) is 13.0. The van der Waals surface area contributed by atoms with E-state index in [2.05, 4.69) is 36.1 Å². The Bertz CT molecular complexity index is 1260. The first kappa shape index (κ1) is 24.9. The van der Waals surface area contributed by atoms with Crippen LogP contribution in [0.4, 0.5) is 5.69 Å². The van der Waals surface area contributed by atoms with Gasteiger partial charge in [0, 0.05) is 56.4 Å². The van der Waals surface area contributed by atoms with E-state index in [9.17, 15) is 9.59 Å². The van der Waals surface area contributed by atoms with E-state index in [1.807, 2.05) is 65.3 Å². The van der Waals surface area contributed by atoms with Crippen molar-refractivity contribution in [1.82, 2.24) is 9.80 Å². The van der Waals surface area contributed by atoms with Crippen LogP contribution in [0.3, 0.4) is 0 Å². The molecule has 6 nitrogen and oxygen atoms in total. The van der Waals surface area contributed by atoms with Crippen molar-refractivity contribution in [3.63, 3.8) is 0 Å². The summed E-state index contributed by atoms with van der Waals surface area (Å²) in [5.74, 6) is 0.515. The number of aryl methyl sites for hydroxylation is 2. The fourth-order valence-corrected chi connectivity index (χ4v) is 5.63. The zero-order chi connectivity index (χ0) is 25.9. The van der Waals surface area contributed by atoms with Crippen molar-refractivity contribution in [2.24, 2.45) is 5.92 Å². The van der Waals surface area contributed by atoms with Crippen LogP contribution >= 0.6 is 0 Å². The standard InChI is InChI=1S/C31H35N3O3/c1-22-11-13-24(14-12-22)30(35)34-20-27(25-8-6-9-26(19-25)37-3)28(21-34)31(36)33-17-15-32(16-18-33)29-10-5-4-7-23(29)2/h4-14,19,27-28H,15-18,20-21H2,1-3H3/t27-,28-/m1/s1. The third-order valence-corrected chi connectivity index (χ3v) is 7.79. The molecule has 2 aliphatic rings. The van der Waals surface area contributed by atoms with Gasteiger partial charge in [0.15, 0.2) is 0 Å². The van der Waals surface area contributed by atoms with Crippen LogP contribution in [0, 0.1) is 19.8 Å². The number of hydrogen-bond donors (Lipinski definition) is 0. The number of ether oxygens (including phenoxy) is 1. The molecule has 2 amide bonds. The minimum absolute atomic E-state index is 0.0208. The molecule has 5 rings (SSSR count). The maximum atomic E-state index is 13.9. The largest absolute Gasteiger partial charge is 0.497 e. The van der Waals surface area contributed by atoms with Gasteiger partial charge in [-0.05, 0) is 55.3 Å². The second-order valence-corrected chi connectivity index (χ2v) is 10.2. The number of carbonyl (C=O) groups is 2. The second kappa shape index (κ2) is 10.7. The topological polar surface area (TPSA) is 53.1 Å². The van der Waals surface area contributed by atoms with Gasteiger partial charge in [-0.3, -0.25) is 9.59 Å². The SMILES string of the molecule is COc1cccc([C@H]2CN(C(=O)c3ccc(C)cc3)C[C@H]2C(=O)N2CCN(c3ccccc3C)CC2)c1. The molecule has 2 fully saturated rings. The number of nitrogens with zero attached hydrogens (tertiary/aromatic N) is 3. The first-order chi connectivity index (χ1) is 17.9. The lowest BCUT2D eigenvalue weighted by atomic mass is 9.87. The molecule has 0 unspecified atom stereocenters. The highest BCUT2D eigenvalue weighted by Gasteiger charge is 2.42. The normalized spacial score (nSPS) is 19.7. The highest BCUT2D eigenvalue weighted by atomic mass is 16.5. The van der Waals surface area contributed by atoms with Crippen LogP contribution in [0.1, 0.15) is 33.0 Å². The lowest BCUT2D eigenvalue weighted by Gasteiger charge is -2.38. The number of likely N-dealkylation sites (tertiary alicyclic amines) is 1. The molecule has 0 aliphatic carbocycles. The summed E-state index contributed by atoms with van der Waals surface area (Å²) >= 11 is 0. The Morgan fingerprint density at radius 1 is 0.811 bits per heavy atom. The maximum Gasteiger partial charge on any atom is 0.253 e. The van der Waals surface area contributed by atoms with Gasteiger partial charge in [-0.15, -0.1) is 0 Å². The molecule has 0 aromatic heterocycles. The zero-order valence-electron chi connectivity index (χ0n) is 21.9. The van der Waals surface area contributed by atoms with Crippen molar-refractivity contribution in [1.29, 1.82) is 0 Å². The number of para-hydroxylation sites is 1. The molecule has 2 heterocycles. The number of carbonyl (C=O) groups excluding carboxylic acids is 2. The highest BCUT2D eigenvalue weighted by molar-refractivity contribution is 5.95. The summed E-state index contributed by atoms with van der Waals surface area (Å²) in [7, 11) is 1.65. The maximum absolute atomic E-state index is 13.9. The molecule has 2 saturated heterocycles. The fourth-order valence-electron chi connectivity index (χ4n) is 5.63. The van der Waals surface area contributed by atoms with Crippen molar-refractivity contribution >= 4 is 17.5 Å². The van der Waals surface area contributed by atoms with Crippen molar-refractivity contribution < 1.29 is 14.3 Å². The van der Waals surface area contributed by atoms with Crippen LogP contribution in [0.15, 0.2) is 72.8 Å². The number of rotatable bonds is 5. The fraction of sp³-hybridized carbons (Fsp3) is 0.355. The van der Waals surface area contributed by atoms with Crippen molar-refractivity contribution in [3.05, 3.63) is 95.1 Å². The molecule has 2 atom stereocenters. The van der Waals surface area contributed by atoms with E-state index in [0.29, 0.717) is 31.7 Å². The second-order valence-electron chi connectivity index (χ2n) is 10.2. The summed E-state index contributed by atoms with van der Waals surface area (Å²) in [4.78, 5) is 33.5. The van der Waals surface area contributed by atoms with E-state index in [1.54, 1.807) is 7.11 Å². The molecule has 0 bridgehead atoms. The molecule has 0 saturated carbocycles. The average Bonchev–Trinajstić information content (AvgIpc) is 3.39. The summed E-state index contributed by atoms with van der Waals surface area (Å²) in [6, 6.07) is 24.0. The summed E-state index contributed by atoms with van der Waals surface area (Å²) < 4.78 is 5.46. The minimum atomic E-state index is -0.286. The van der Waals surface area contributed by atoms with Crippen LogP contribution in [0.25, 0.3) is 0 Å². The van der Waals surface area contributed by atoms with Gasteiger partial charge in [0.05, 0.1) is 13.0 Å². The van der Waals surface area contributed by atoms with Crippen molar-refractivity contribution in [2.75, 3.05) is 51.3 Å². The van der Waals surface area contributed by atoms with E-state index in [1.165, 1.54) is 11.3 Å². The molecule has 37 heavy (non-hydrogen) atoms. The first-order valence-electron chi connectivity index (χ1n) is 13.0. The molecule has 192 valence electrons. The van der Waals surface area contributed by atoms with Gasteiger partial charge >= 0.3 is 0 Å². The molecule has 6 heteroatoms. The highest BCUT2D eigenvalue weighted by Crippen LogP contribution is 2.36. The zero-order valence-corrected chi connectivity index (χ0v) is 21.9. The smallest absolute Gasteiger partial charge is 0.253 e. The molecule has 3 aromatic carbocycles. The van der Waals surface area contributed by atoms with Crippen LogP contribution in [-0.2, 0) is 4.79 Å². The molecule has 0 N–H and O–H groups in total. The van der Waals surface area contributed by atoms with Crippen LogP contribution in [0.2, 0.25) is 0 Å². The quantitative estimate of drug-likeness (QED) is 0.520. The predicted molar refractivity (Wildman–Crippen MR) is 146 cm³/mol. The third kappa shape index (κ3) is 5.19. The Labute approximate surface area is 219 Å². The molecular weight excluding hydrogens is 462 g/mol. The molecule has 0 spiro atoms. The summed E-state index contributed by atoms with van der Waals surface area (Å²) in [6.45, 7) is 8.05. The Balaban J connectivity index is 1.35. The molecule has 3 aromatic rings. The van der Waals surface area contributed by atoms with Crippen molar-refractivity contribution in [3.8, 4) is 5.75 Å². The van der Waals surface area contributed by atoms with E-state index < -0.39 is 0 Å². The number of benzene rings is 3. The van der Waals surface area contributed by atoms with Crippen LogP contribution in [0.5, 0.6) is 5.75 Å². The Morgan fingerprint density at radius 2 is 1.54 bits per heavy atom. The van der Waals surface area contributed by atoms with Gasteiger partial charge < -0.3 is 19.4 Å². The summed E-state index contributed by atoms with van der Waals surface area (Å²) in [6.07, 6.45) is 0. The predicted octanol–water partition coefficient (Wildman–Crippen LogP) is 4.52. The Kier molecular flexibility index (Phi) is 7.17. The molecule has 0 radical (unpaired) electrons. The van der Waals surface area contributed by atoms with Gasteiger partial charge in [0.25, 0.3) is 5.91 Å². The monoisotopic (exact) mass is 497 g/mol. The number of piperazine rings is 1. The van der Waals surface area contributed by atoms with Gasteiger partial charge in [0.2, 0.25) is 5.91 Å². The van der Waals surface area contributed by atoms with E-state index in [-0.39, 0.29) is 23.7 Å². The van der Waals surface area contributed by atoms with Crippen LogP contribution in [-0.4, -0.2) is 68.0 Å². The van der Waals surface area contributed by atoms with E-state index in [0.717, 1.165) is 30.0 Å². The lowest BCUT2D eigenvalue weighted by Crippen LogP contribution is -2.51. The summed E-state index contributed by atoms with van der Waals surface area (Å²) in [5, 5.41) is 0. The minimum Gasteiger partial charge on any atom is -0.497 e. The average molecular weight is 498 g/mol. The van der Waals surface area contributed by atoms with Crippen molar-refractivity contribution in [2.45, 2.75) is 19.8 Å². The van der Waals surface area contributed by atoms with Gasteiger partial charge in [0.1, 0.15) is 5.75 Å². The van der Waals surface area contributed by atoms with Crippen LogP contribution < -0.4 is 9.64 Å². The number of methoxy groups -OCH3 is 1. The number of hydrogen-bond acceptors (Lipinski definition) is 4. The number of anilines is 1. The van der Waals surface area contributed by atoms with E-state index in [4.69, 9.17) is 4.74 Å².